The maximum Gasteiger partial charge on any atom is 0.181 e. The summed E-state index contributed by atoms with van der Waals surface area (Å²) in [6.07, 6.45) is 6.21. The fourth-order valence-electron chi connectivity index (χ4n) is 10.4. The summed E-state index contributed by atoms with van der Waals surface area (Å²) in [6, 6.07) is 77.2. The van der Waals surface area contributed by atoms with Crippen LogP contribution in [-0.2, 0) is 5.41 Å². The van der Waals surface area contributed by atoms with Crippen LogP contribution >= 0.6 is 7.92 Å². The Kier molecular flexibility index (Phi) is 8.78. The van der Waals surface area contributed by atoms with Crippen LogP contribution < -0.4 is 46.3 Å². The molecule has 0 aliphatic carbocycles. The summed E-state index contributed by atoms with van der Waals surface area (Å²) in [7, 11) is -3.76. The van der Waals surface area contributed by atoms with Crippen molar-refractivity contribution in [3.63, 3.8) is 0 Å². The molecular formula is C56H42NOPSi. The normalized spacial score (nSPS) is 16.6. The summed E-state index contributed by atoms with van der Waals surface area (Å²) < 4.78 is 6.66. The molecule has 8 aromatic rings. The van der Waals surface area contributed by atoms with Crippen LogP contribution in [0, 0.1) is 0 Å². The van der Waals surface area contributed by atoms with Gasteiger partial charge in [-0.3, -0.25) is 0 Å². The maximum atomic E-state index is 6.66. The van der Waals surface area contributed by atoms with Crippen molar-refractivity contribution >= 4 is 69.7 Å². The van der Waals surface area contributed by atoms with E-state index < -0.39 is 21.4 Å². The van der Waals surface area contributed by atoms with Crippen LogP contribution in [0.5, 0.6) is 5.75 Å². The predicted molar refractivity (Wildman–Crippen MR) is 256 cm³/mol. The van der Waals surface area contributed by atoms with Crippen LogP contribution in [0.3, 0.4) is 0 Å². The van der Waals surface area contributed by atoms with Gasteiger partial charge in [0.2, 0.25) is 0 Å². The zero-order valence-electron chi connectivity index (χ0n) is 33.4. The van der Waals surface area contributed by atoms with Gasteiger partial charge >= 0.3 is 0 Å². The van der Waals surface area contributed by atoms with Crippen LogP contribution in [0.25, 0.3) is 0 Å². The molecule has 4 heteroatoms. The topological polar surface area (TPSA) is 12.5 Å². The van der Waals surface area contributed by atoms with Gasteiger partial charge < -0.3 is 9.64 Å². The SMILES string of the molecule is C=CC1=C(/C=C\C)C2(c3ccccc3O1)c1ccccc1N(c1ccc3c(c1)[Si](c1ccccc1)(c1ccccc1)c1ccccc1P3c1ccccc1)c1ccccc12. The molecule has 0 saturated heterocycles. The molecule has 3 aliphatic heterocycles. The maximum absolute atomic E-state index is 6.66. The molecule has 286 valence electrons. The second kappa shape index (κ2) is 14.5. The molecule has 0 saturated carbocycles. The van der Waals surface area contributed by atoms with Gasteiger partial charge in [-0.1, -0.05) is 195 Å². The Morgan fingerprint density at radius 1 is 0.550 bits per heavy atom. The van der Waals surface area contributed by atoms with E-state index in [0.717, 1.165) is 39.7 Å². The predicted octanol–water partition coefficient (Wildman–Crippen LogP) is 9.66. The highest BCUT2D eigenvalue weighted by Gasteiger charge is 2.53. The summed E-state index contributed by atoms with van der Waals surface area (Å²) in [4.78, 5) is 2.52. The molecule has 0 fully saturated rings. The number of fused-ring (bicyclic) bond motifs is 8. The lowest BCUT2D eigenvalue weighted by Crippen LogP contribution is -2.81. The molecule has 0 aromatic heterocycles. The average molecular weight is 804 g/mol. The largest absolute Gasteiger partial charge is 0.457 e. The first-order valence-electron chi connectivity index (χ1n) is 20.7. The van der Waals surface area contributed by atoms with Crippen LogP contribution in [0.2, 0.25) is 0 Å². The first kappa shape index (κ1) is 36.3. The summed E-state index contributed by atoms with van der Waals surface area (Å²) in [5.41, 5.74) is 7.39. The fourth-order valence-corrected chi connectivity index (χ4v) is 19.4. The number of anilines is 3. The van der Waals surface area contributed by atoms with Gasteiger partial charge in [-0.15, -0.1) is 0 Å². The highest BCUT2D eigenvalue weighted by Crippen LogP contribution is 2.61. The molecule has 1 atom stereocenters. The highest BCUT2D eigenvalue weighted by molar-refractivity contribution is 7.81. The minimum atomic E-state index is -2.91. The molecule has 3 heterocycles. The van der Waals surface area contributed by atoms with E-state index in [1.165, 1.54) is 47.8 Å². The van der Waals surface area contributed by atoms with E-state index in [9.17, 15) is 0 Å². The van der Waals surface area contributed by atoms with Gasteiger partial charge in [0.05, 0.1) is 16.8 Å². The number of rotatable bonds is 6. The third kappa shape index (κ3) is 5.10. The van der Waals surface area contributed by atoms with E-state index in [4.69, 9.17) is 4.74 Å². The summed E-state index contributed by atoms with van der Waals surface area (Å²) >= 11 is 0. The van der Waals surface area contributed by atoms with E-state index in [0.29, 0.717) is 0 Å². The van der Waals surface area contributed by atoms with E-state index in [1.54, 1.807) is 0 Å². The van der Waals surface area contributed by atoms with Crippen LogP contribution in [0.4, 0.5) is 17.1 Å². The lowest BCUT2D eigenvalue weighted by molar-refractivity contribution is 0.401. The van der Waals surface area contributed by atoms with Crippen molar-refractivity contribution in [2.75, 3.05) is 4.90 Å². The Morgan fingerprint density at radius 2 is 1.08 bits per heavy atom. The number of benzene rings is 8. The average Bonchev–Trinajstić information content (AvgIpc) is 3.32. The first-order valence-corrected chi connectivity index (χ1v) is 24.0. The first-order chi connectivity index (χ1) is 29.7. The summed E-state index contributed by atoms with van der Waals surface area (Å²) in [6.45, 7) is 6.35. The fraction of sp³-hybridized carbons (Fsp3) is 0.0357. The quantitative estimate of drug-likeness (QED) is 0.123. The molecule has 1 unspecified atom stereocenters. The molecule has 1 spiro atoms. The van der Waals surface area contributed by atoms with E-state index in [2.05, 4.69) is 237 Å². The van der Waals surface area contributed by atoms with Gasteiger partial charge in [-0.25, -0.2) is 0 Å². The van der Waals surface area contributed by atoms with Crippen molar-refractivity contribution < 1.29 is 4.74 Å². The summed E-state index contributed by atoms with van der Waals surface area (Å²) in [5, 5.41) is 9.94. The van der Waals surface area contributed by atoms with E-state index in [1.807, 2.05) is 6.08 Å². The monoisotopic (exact) mass is 803 g/mol. The Morgan fingerprint density at radius 3 is 1.72 bits per heavy atom. The lowest BCUT2D eigenvalue weighted by atomic mass is 9.60. The van der Waals surface area contributed by atoms with Gasteiger partial charge in [0.1, 0.15) is 11.5 Å². The second-order valence-electron chi connectivity index (χ2n) is 15.6. The number of para-hydroxylation sites is 3. The lowest BCUT2D eigenvalue weighted by Gasteiger charge is -2.49. The number of hydrogen-bond donors (Lipinski definition) is 0. The smallest absolute Gasteiger partial charge is 0.181 e. The highest BCUT2D eigenvalue weighted by atomic mass is 31.1. The van der Waals surface area contributed by atoms with E-state index >= 15 is 0 Å². The second-order valence-corrected chi connectivity index (χ2v) is 21.5. The van der Waals surface area contributed by atoms with Crippen LogP contribution in [0.1, 0.15) is 23.6 Å². The molecular weight excluding hydrogens is 762 g/mol. The van der Waals surface area contributed by atoms with Gasteiger partial charge in [0, 0.05) is 16.8 Å². The molecule has 60 heavy (non-hydrogen) atoms. The molecule has 0 amide bonds. The zero-order chi connectivity index (χ0) is 40.3. The van der Waals surface area contributed by atoms with Gasteiger partial charge in [-0.05, 0) is 99.0 Å². The number of hydrogen-bond acceptors (Lipinski definition) is 2. The minimum Gasteiger partial charge on any atom is -0.457 e. The number of nitrogens with zero attached hydrogens (tertiary/aromatic N) is 1. The molecule has 2 nitrogen and oxygen atoms in total. The molecule has 3 aliphatic rings. The Bertz CT molecular complexity index is 2920. The third-order valence-electron chi connectivity index (χ3n) is 12.7. The van der Waals surface area contributed by atoms with Gasteiger partial charge in [0.25, 0.3) is 0 Å². The Balaban J connectivity index is 1.25. The minimum absolute atomic E-state index is 0.657. The third-order valence-corrected chi connectivity index (χ3v) is 20.5. The molecule has 11 rings (SSSR count). The standard InChI is InChI=1S/C56H42NOPSi/c1-3-22-46-50(4-2)58-51-34-19-16-31-47(51)56(46)44-29-14-17-32-48(44)57(49-33-18-15-30-45(49)56)40-37-38-53-55(39-40)60(42-25-10-6-11-26-42,43-27-12-7-13-28-43)54-36-21-20-35-52(54)59(53)41-23-8-5-9-24-41/h3-39H,2H2,1H3/b22-3-. The van der Waals surface area contributed by atoms with Crippen LogP contribution in [-0.4, -0.2) is 8.07 Å². The van der Waals surface area contributed by atoms with Crippen molar-refractivity contribution in [2.24, 2.45) is 0 Å². The van der Waals surface area contributed by atoms with Crippen molar-refractivity contribution in [2.45, 2.75) is 12.3 Å². The Labute approximate surface area is 354 Å². The Hall–Kier alpha value is -6.77. The van der Waals surface area contributed by atoms with E-state index in [-0.39, 0.29) is 0 Å². The van der Waals surface area contributed by atoms with Crippen molar-refractivity contribution in [3.8, 4) is 5.75 Å². The molecule has 0 bridgehead atoms. The molecule has 0 N–H and O–H groups in total. The summed E-state index contributed by atoms with van der Waals surface area (Å²) in [5.74, 6) is 1.62. The number of allylic oxidation sites excluding steroid dienone is 4. The zero-order valence-corrected chi connectivity index (χ0v) is 35.3. The number of ether oxygens (including phenoxy) is 1. The van der Waals surface area contributed by atoms with Gasteiger partial charge in [-0.2, -0.15) is 0 Å². The van der Waals surface area contributed by atoms with Crippen molar-refractivity contribution in [3.05, 3.63) is 259 Å². The van der Waals surface area contributed by atoms with Crippen molar-refractivity contribution in [1.82, 2.24) is 0 Å². The molecule has 8 aromatic carbocycles. The molecule has 0 radical (unpaired) electrons. The van der Waals surface area contributed by atoms with Crippen LogP contribution in [0.15, 0.2) is 242 Å². The van der Waals surface area contributed by atoms with Crippen molar-refractivity contribution in [1.29, 1.82) is 0 Å². The van der Waals surface area contributed by atoms with Gasteiger partial charge in [0.15, 0.2) is 8.07 Å².